The highest BCUT2D eigenvalue weighted by atomic mass is 19.4. The molecule has 1 aromatic carbocycles. The van der Waals surface area contributed by atoms with Crippen LogP contribution < -0.4 is 5.43 Å². The maximum Gasteiger partial charge on any atom is 0.490 e. The van der Waals surface area contributed by atoms with Crippen LogP contribution in [0.15, 0.2) is 29.4 Å². The van der Waals surface area contributed by atoms with E-state index in [0.717, 1.165) is 12.1 Å². The highest BCUT2D eigenvalue weighted by molar-refractivity contribution is 5.73. The summed E-state index contributed by atoms with van der Waals surface area (Å²) in [7, 11) is 0. The van der Waals surface area contributed by atoms with Crippen LogP contribution in [0.3, 0.4) is 0 Å². The fraction of sp³-hybridized carbons (Fsp3) is 0.200. The number of alkyl halides is 3. The molecule has 92 valence electrons. The Morgan fingerprint density at radius 1 is 1.35 bits per heavy atom. The highest BCUT2D eigenvalue weighted by Gasteiger charge is 2.38. The van der Waals surface area contributed by atoms with E-state index in [4.69, 9.17) is 9.90 Å². The van der Waals surface area contributed by atoms with E-state index >= 15 is 0 Å². The average Bonchev–Trinajstić information content (AvgIpc) is 2.29. The van der Waals surface area contributed by atoms with Crippen molar-refractivity contribution in [2.24, 2.45) is 5.10 Å². The highest BCUT2D eigenvalue weighted by Crippen LogP contribution is 2.16. The molecule has 0 radical (unpaired) electrons. The Morgan fingerprint density at radius 2 is 1.94 bits per heavy atom. The number of fused-ring (bicyclic) bond motifs is 1. The monoisotopic (exact) mass is 246 g/mol. The van der Waals surface area contributed by atoms with Crippen molar-refractivity contribution < 1.29 is 23.1 Å². The quantitative estimate of drug-likeness (QED) is 0.738. The number of carbonyl (C=O) groups is 1. The van der Waals surface area contributed by atoms with E-state index in [0.29, 0.717) is 0 Å². The molecule has 4 nitrogen and oxygen atoms in total. The summed E-state index contributed by atoms with van der Waals surface area (Å²) in [6, 6.07) is 8.19. The number of anilines is 1. The van der Waals surface area contributed by atoms with Crippen LogP contribution in [0.25, 0.3) is 0 Å². The van der Waals surface area contributed by atoms with Gasteiger partial charge in [-0.3, -0.25) is 5.43 Å². The molecule has 0 saturated carbocycles. The van der Waals surface area contributed by atoms with E-state index in [1.54, 1.807) is 0 Å². The molecule has 1 aliphatic rings. The molecule has 0 unspecified atom stereocenters. The van der Waals surface area contributed by atoms with Gasteiger partial charge in [0.1, 0.15) is 0 Å². The summed E-state index contributed by atoms with van der Waals surface area (Å²) in [4.78, 5) is 8.90. The van der Waals surface area contributed by atoms with E-state index in [2.05, 4.69) is 16.6 Å². The van der Waals surface area contributed by atoms with Crippen molar-refractivity contribution in [3.8, 4) is 0 Å². The molecule has 0 atom stereocenters. The minimum atomic E-state index is -5.08. The molecule has 0 spiro atoms. The fourth-order valence-electron chi connectivity index (χ4n) is 1.07. The second-order valence-corrected chi connectivity index (χ2v) is 3.09. The van der Waals surface area contributed by atoms with E-state index in [1.807, 2.05) is 24.4 Å². The second kappa shape index (κ2) is 5.33. The van der Waals surface area contributed by atoms with Gasteiger partial charge in [0.05, 0.1) is 5.69 Å². The van der Waals surface area contributed by atoms with Crippen LogP contribution in [0.5, 0.6) is 0 Å². The summed E-state index contributed by atoms with van der Waals surface area (Å²) in [5.74, 6) is -2.76. The molecule has 0 aromatic heterocycles. The Labute approximate surface area is 94.8 Å². The molecule has 0 amide bonds. The van der Waals surface area contributed by atoms with Gasteiger partial charge in [0.2, 0.25) is 0 Å². The second-order valence-electron chi connectivity index (χ2n) is 3.09. The normalized spacial score (nSPS) is 12.9. The molecule has 1 heterocycles. The lowest BCUT2D eigenvalue weighted by Crippen LogP contribution is -2.21. The van der Waals surface area contributed by atoms with Gasteiger partial charge in [-0.15, -0.1) is 0 Å². The minimum absolute atomic E-state index is 0.948. The molecule has 0 fully saturated rings. The summed E-state index contributed by atoms with van der Waals surface area (Å²) >= 11 is 0. The van der Waals surface area contributed by atoms with Crippen molar-refractivity contribution in [2.45, 2.75) is 12.6 Å². The van der Waals surface area contributed by atoms with Gasteiger partial charge >= 0.3 is 12.1 Å². The van der Waals surface area contributed by atoms with Crippen molar-refractivity contribution in [3.63, 3.8) is 0 Å². The number of carboxylic acid groups (broad SMARTS) is 1. The Kier molecular flexibility index (Phi) is 4.08. The first-order chi connectivity index (χ1) is 7.91. The number of hydrazone groups is 1. The Balaban J connectivity index is 0.000000185. The smallest absolute Gasteiger partial charge is 0.475 e. The maximum atomic E-state index is 10.6. The minimum Gasteiger partial charge on any atom is -0.475 e. The van der Waals surface area contributed by atoms with E-state index < -0.39 is 12.1 Å². The molecule has 2 N–H and O–H groups in total. The lowest BCUT2D eigenvalue weighted by molar-refractivity contribution is -0.192. The van der Waals surface area contributed by atoms with Gasteiger partial charge in [0.25, 0.3) is 0 Å². The Bertz CT molecular complexity index is 403. The molecule has 17 heavy (non-hydrogen) atoms. The first-order valence-electron chi connectivity index (χ1n) is 4.57. The van der Waals surface area contributed by atoms with Gasteiger partial charge in [0, 0.05) is 12.6 Å². The molecular formula is C10H9F3N2O2. The number of benzene rings is 1. The molecule has 7 heteroatoms. The van der Waals surface area contributed by atoms with Gasteiger partial charge in [-0.2, -0.15) is 18.3 Å². The van der Waals surface area contributed by atoms with Crippen LogP contribution in [0.2, 0.25) is 0 Å². The number of carboxylic acids is 1. The van der Waals surface area contributed by atoms with Crippen LogP contribution in [0, 0.1) is 0 Å². The predicted molar refractivity (Wildman–Crippen MR) is 56.0 cm³/mol. The van der Waals surface area contributed by atoms with Crippen molar-refractivity contribution in [1.29, 1.82) is 0 Å². The van der Waals surface area contributed by atoms with Gasteiger partial charge in [0.15, 0.2) is 0 Å². The number of halogens is 3. The van der Waals surface area contributed by atoms with Gasteiger partial charge in [-0.1, -0.05) is 18.2 Å². The third-order valence-corrected chi connectivity index (χ3v) is 1.85. The SMILES string of the molecule is C1=NNc2ccccc2C1.O=C(O)C(F)(F)F. The van der Waals surface area contributed by atoms with Crippen molar-refractivity contribution in [1.82, 2.24) is 0 Å². The van der Waals surface area contributed by atoms with Crippen LogP contribution >= 0.6 is 0 Å². The zero-order chi connectivity index (χ0) is 12.9. The zero-order valence-electron chi connectivity index (χ0n) is 8.53. The van der Waals surface area contributed by atoms with Crippen LogP contribution in [-0.4, -0.2) is 23.5 Å². The third-order valence-electron chi connectivity index (χ3n) is 1.85. The molecule has 0 saturated heterocycles. The molecule has 2 rings (SSSR count). The van der Waals surface area contributed by atoms with Gasteiger partial charge in [-0.05, 0) is 11.6 Å². The molecule has 0 aliphatic carbocycles. The summed E-state index contributed by atoms with van der Waals surface area (Å²) in [5.41, 5.74) is 5.38. The van der Waals surface area contributed by atoms with Crippen LogP contribution in [0.4, 0.5) is 18.9 Å². The molecule has 1 aliphatic heterocycles. The number of aliphatic carboxylic acids is 1. The summed E-state index contributed by atoms with van der Waals surface area (Å²) < 4.78 is 31.7. The first-order valence-corrected chi connectivity index (χ1v) is 4.57. The Morgan fingerprint density at radius 3 is 2.47 bits per heavy atom. The number of hydrogen-bond acceptors (Lipinski definition) is 3. The Hall–Kier alpha value is -2.05. The first kappa shape index (κ1) is 13.0. The fourth-order valence-corrected chi connectivity index (χ4v) is 1.07. The molecule has 0 bridgehead atoms. The topological polar surface area (TPSA) is 61.7 Å². The van der Waals surface area contributed by atoms with Crippen molar-refractivity contribution >= 4 is 17.9 Å². The number of hydrogen-bond donors (Lipinski definition) is 2. The van der Waals surface area contributed by atoms with Crippen LogP contribution in [-0.2, 0) is 11.2 Å². The van der Waals surface area contributed by atoms with Gasteiger partial charge < -0.3 is 5.11 Å². The van der Waals surface area contributed by atoms with Crippen LogP contribution in [0.1, 0.15) is 5.56 Å². The zero-order valence-corrected chi connectivity index (χ0v) is 8.53. The van der Waals surface area contributed by atoms with Gasteiger partial charge in [-0.25, -0.2) is 4.79 Å². The number of nitrogens with zero attached hydrogens (tertiary/aromatic N) is 1. The summed E-state index contributed by atoms with van der Waals surface area (Å²) in [6.45, 7) is 0. The largest absolute Gasteiger partial charge is 0.490 e. The lowest BCUT2D eigenvalue weighted by Gasteiger charge is -2.09. The lowest BCUT2D eigenvalue weighted by atomic mass is 10.1. The van der Waals surface area contributed by atoms with E-state index in [-0.39, 0.29) is 0 Å². The standard InChI is InChI=1S/C8H8N2.C2HF3O2/c1-2-4-8-7(3-1)5-6-9-10-8;3-2(4,5)1(6)7/h1-4,6,10H,5H2;(H,6,7). The van der Waals surface area contributed by atoms with Crippen molar-refractivity contribution in [2.75, 3.05) is 5.43 Å². The van der Waals surface area contributed by atoms with E-state index in [1.165, 1.54) is 5.56 Å². The predicted octanol–water partition coefficient (Wildman–Crippen LogP) is 2.27. The number of para-hydroxylation sites is 1. The van der Waals surface area contributed by atoms with E-state index in [9.17, 15) is 13.2 Å². The number of rotatable bonds is 0. The van der Waals surface area contributed by atoms with Crippen molar-refractivity contribution in [3.05, 3.63) is 29.8 Å². The average molecular weight is 246 g/mol. The maximum absolute atomic E-state index is 10.6. The number of nitrogens with one attached hydrogen (secondary N) is 1. The molecular weight excluding hydrogens is 237 g/mol. The summed E-state index contributed by atoms with van der Waals surface area (Å²) in [6.07, 6.45) is -2.26. The summed E-state index contributed by atoms with van der Waals surface area (Å²) in [5, 5.41) is 11.1. The molecule has 1 aromatic rings. The third kappa shape index (κ3) is 4.13.